The summed E-state index contributed by atoms with van der Waals surface area (Å²) in [6.07, 6.45) is 0.484. The number of benzene rings is 1. The van der Waals surface area contributed by atoms with Crippen LogP contribution in [0.2, 0.25) is 5.02 Å². The van der Waals surface area contributed by atoms with Gasteiger partial charge in [0.25, 0.3) is 0 Å². The van der Waals surface area contributed by atoms with Crippen molar-refractivity contribution in [3.05, 3.63) is 29.3 Å². The molecular formula is C14H19ClN2O2. The summed E-state index contributed by atoms with van der Waals surface area (Å²) in [7, 11) is 0. The van der Waals surface area contributed by atoms with E-state index in [1.165, 1.54) is 0 Å². The van der Waals surface area contributed by atoms with Crippen molar-refractivity contribution in [1.82, 2.24) is 4.90 Å². The SMILES string of the molecule is CC1CN(CC(=O)Nc2cccc(Cl)c2)CCC1O. The lowest BCUT2D eigenvalue weighted by Crippen LogP contribution is -2.45. The highest BCUT2D eigenvalue weighted by molar-refractivity contribution is 6.30. The number of halogens is 1. The predicted molar refractivity (Wildman–Crippen MR) is 76.3 cm³/mol. The Morgan fingerprint density at radius 1 is 1.58 bits per heavy atom. The van der Waals surface area contributed by atoms with E-state index in [0.717, 1.165) is 19.5 Å². The van der Waals surface area contributed by atoms with Crippen LogP contribution < -0.4 is 5.32 Å². The van der Waals surface area contributed by atoms with Gasteiger partial charge in [0, 0.05) is 23.8 Å². The summed E-state index contributed by atoms with van der Waals surface area (Å²) in [5.74, 6) is 0.165. The number of piperidine rings is 1. The van der Waals surface area contributed by atoms with E-state index in [1.807, 2.05) is 13.0 Å². The Morgan fingerprint density at radius 3 is 3.05 bits per heavy atom. The summed E-state index contributed by atoms with van der Waals surface area (Å²) < 4.78 is 0. The first-order valence-electron chi connectivity index (χ1n) is 6.50. The fourth-order valence-electron chi connectivity index (χ4n) is 2.33. The summed E-state index contributed by atoms with van der Waals surface area (Å²) >= 11 is 5.87. The van der Waals surface area contributed by atoms with Crippen molar-refractivity contribution in [2.24, 2.45) is 5.92 Å². The quantitative estimate of drug-likeness (QED) is 0.891. The topological polar surface area (TPSA) is 52.6 Å². The number of hydrogen-bond donors (Lipinski definition) is 2. The van der Waals surface area contributed by atoms with Crippen molar-refractivity contribution in [3.63, 3.8) is 0 Å². The van der Waals surface area contributed by atoms with Gasteiger partial charge in [0.05, 0.1) is 12.6 Å². The third kappa shape index (κ3) is 4.20. The van der Waals surface area contributed by atoms with E-state index in [2.05, 4.69) is 10.2 Å². The molecule has 1 aromatic rings. The van der Waals surface area contributed by atoms with Crippen LogP contribution in [0.1, 0.15) is 13.3 Å². The molecule has 2 rings (SSSR count). The van der Waals surface area contributed by atoms with Crippen LogP contribution in [0, 0.1) is 5.92 Å². The number of amides is 1. The highest BCUT2D eigenvalue weighted by Crippen LogP contribution is 2.17. The molecule has 0 radical (unpaired) electrons. The van der Waals surface area contributed by atoms with Gasteiger partial charge in [-0.3, -0.25) is 9.69 Å². The molecular weight excluding hydrogens is 264 g/mol. The van der Waals surface area contributed by atoms with Crippen LogP contribution in [-0.2, 0) is 4.79 Å². The van der Waals surface area contributed by atoms with Crippen LogP contribution in [0.5, 0.6) is 0 Å². The molecule has 0 saturated carbocycles. The van der Waals surface area contributed by atoms with Crippen LogP contribution in [0.25, 0.3) is 0 Å². The predicted octanol–water partition coefficient (Wildman–Crippen LogP) is 1.98. The molecule has 1 fully saturated rings. The number of nitrogens with zero attached hydrogens (tertiary/aromatic N) is 1. The Kier molecular flexibility index (Phi) is 4.80. The third-order valence-electron chi connectivity index (χ3n) is 3.42. The van der Waals surface area contributed by atoms with Crippen LogP contribution in [0.3, 0.4) is 0 Å². The third-order valence-corrected chi connectivity index (χ3v) is 3.65. The lowest BCUT2D eigenvalue weighted by atomic mass is 9.97. The van der Waals surface area contributed by atoms with E-state index < -0.39 is 0 Å². The van der Waals surface area contributed by atoms with Gasteiger partial charge in [-0.25, -0.2) is 0 Å². The van der Waals surface area contributed by atoms with E-state index in [-0.39, 0.29) is 17.9 Å². The summed E-state index contributed by atoms with van der Waals surface area (Å²) in [6, 6.07) is 7.11. The largest absolute Gasteiger partial charge is 0.393 e. The van der Waals surface area contributed by atoms with Gasteiger partial charge < -0.3 is 10.4 Å². The van der Waals surface area contributed by atoms with Gasteiger partial charge in [-0.05, 0) is 30.5 Å². The van der Waals surface area contributed by atoms with Crippen molar-refractivity contribution in [1.29, 1.82) is 0 Å². The van der Waals surface area contributed by atoms with Crippen LogP contribution >= 0.6 is 11.6 Å². The Balaban J connectivity index is 1.85. The number of rotatable bonds is 3. The molecule has 2 atom stereocenters. The molecule has 0 bridgehead atoms. The van der Waals surface area contributed by atoms with Gasteiger partial charge in [-0.15, -0.1) is 0 Å². The van der Waals surface area contributed by atoms with Crippen LogP contribution in [0.15, 0.2) is 24.3 Å². The molecule has 5 heteroatoms. The Labute approximate surface area is 118 Å². The molecule has 1 heterocycles. The maximum atomic E-state index is 11.9. The molecule has 1 saturated heterocycles. The molecule has 4 nitrogen and oxygen atoms in total. The molecule has 0 aromatic heterocycles. The maximum Gasteiger partial charge on any atom is 0.238 e. The van der Waals surface area contributed by atoms with E-state index >= 15 is 0 Å². The molecule has 19 heavy (non-hydrogen) atoms. The Morgan fingerprint density at radius 2 is 2.37 bits per heavy atom. The molecule has 0 spiro atoms. The lowest BCUT2D eigenvalue weighted by molar-refractivity contribution is -0.118. The van der Waals surface area contributed by atoms with Crippen molar-refractivity contribution < 1.29 is 9.90 Å². The second-order valence-electron chi connectivity index (χ2n) is 5.13. The fourth-order valence-corrected chi connectivity index (χ4v) is 2.52. The number of aliphatic hydroxyl groups excluding tert-OH is 1. The molecule has 1 aliphatic heterocycles. The number of carbonyl (C=O) groups is 1. The monoisotopic (exact) mass is 282 g/mol. The zero-order valence-corrected chi connectivity index (χ0v) is 11.7. The minimum absolute atomic E-state index is 0.0501. The highest BCUT2D eigenvalue weighted by Gasteiger charge is 2.25. The zero-order valence-electron chi connectivity index (χ0n) is 11.0. The van der Waals surface area contributed by atoms with E-state index in [1.54, 1.807) is 18.2 Å². The van der Waals surface area contributed by atoms with Crippen LogP contribution in [0.4, 0.5) is 5.69 Å². The van der Waals surface area contributed by atoms with Crippen molar-refractivity contribution in [2.75, 3.05) is 25.0 Å². The Bertz CT molecular complexity index is 453. The zero-order chi connectivity index (χ0) is 13.8. The normalized spacial score (nSPS) is 24.2. The average molecular weight is 283 g/mol. The van der Waals surface area contributed by atoms with Gasteiger partial charge in [-0.1, -0.05) is 24.6 Å². The summed E-state index contributed by atoms with van der Waals surface area (Å²) in [6.45, 7) is 3.87. The minimum Gasteiger partial charge on any atom is -0.393 e. The number of carbonyl (C=O) groups excluding carboxylic acids is 1. The van der Waals surface area contributed by atoms with Crippen molar-refractivity contribution in [3.8, 4) is 0 Å². The number of anilines is 1. The molecule has 2 N–H and O–H groups in total. The van der Waals surface area contributed by atoms with Gasteiger partial charge in [0.1, 0.15) is 0 Å². The first-order chi connectivity index (χ1) is 9.04. The first kappa shape index (κ1) is 14.3. The van der Waals surface area contributed by atoms with Crippen molar-refractivity contribution in [2.45, 2.75) is 19.4 Å². The van der Waals surface area contributed by atoms with Gasteiger partial charge >= 0.3 is 0 Å². The van der Waals surface area contributed by atoms with Gasteiger partial charge in [0.15, 0.2) is 0 Å². The van der Waals surface area contributed by atoms with Crippen LogP contribution in [-0.4, -0.2) is 41.7 Å². The van der Waals surface area contributed by atoms with Gasteiger partial charge in [-0.2, -0.15) is 0 Å². The smallest absolute Gasteiger partial charge is 0.238 e. The fraction of sp³-hybridized carbons (Fsp3) is 0.500. The number of hydrogen-bond acceptors (Lipinski definition) is 3. The van der Waals surface area contributed by atoms with Gasteiger partial charge in [0.2, 0.25) is 5.91 Å². The van der Waals surface area contributed by atoms with E-state index in [0.29, 0.717) is 17.3 Å². The average Bonchev–Trinajstić information content (AvgIpc) is 2.34. The maximum absolute atomic E-state index is 11.9. The molecule has 104 valence electrons. The summed E-state index contributed by atoms with van der Waals surface area (Å²) in [5, 5.41) is 13.1. The number of aliphatic hydroxyl groups is 1. The number of likely N-dealkylation sites (tertiary alicyclic amines) is 1. The second kappa shape index (κ2) is 6.37. The second-order valence-corrected chi connectivity index (χ2v) is 5.56. The molecule has 1 aromatic carbocycles. The van der Waals surface area contributed by atoms with E-state index in [9.17, 15) is 9.90 Å². The molecule has 1 amide bonds. The summed E-state index contributed by atoms with van der Waals surface area (Å²) in [4.78, 5) is 14.0. The Hall–Kier alpha value is -1.10. The standard InChI is InChI=1S/C14H19ClN2O2/c1-10-8-17(6-5-13(10)18)9-14(19)16-12-4-2-3-11(15)7-12/h2-4,7,10,13,18H,5-6,8-9H2,1H3,(H,16,19). The van der Waals surface area contributed by atoms with E-state index in [4.69, 9.17) is 11.6 Å². The molecule has 2 unspecified atom stereocenters. The molecule has 1 aliphatic rings. The lowest BCUT2D eigenvalue weighted by Gasteiger charge is -2.33. The number of nitrogens with one attached hydrogen (secondary N) is 1. The first-order valence-corrected chi connectivity index (χ1v) is 6.88. The highest BCUT2D eigenvalue weighted by atomic mass is 35.5. The molecule has 0 aliphatic carbocycles. The minimum atomic E-state index is -0.243. The summed E-state index contributed by atoms with van der Waals surface area (Å²) in [5.41, 5.74) is 0.711. The van der Waals surface area contributed by atoms with Crippen molar-refractivity contribution >= 4 is 23.2 Å².